The molecule has 1 saturated heterocycles. The highest BCUT2D eigenvalue weighted by molar-refractivity contribution is 7.88. The molecule has 1 fully saturated rings. The fraction of sp³-hybridized carbons (Fsp3) is 0.538. The highest BCUT2D eigenvalue weighted by Gasteiger charge is 2.40. The van der Waals surface area contributed by atoms with Crippen molar-refractivity contribution in [2.45, 2.75) is 6.04 Å². The average Bonchev–Trinajstić information content (AvgIpc) is 3.09. The molecule has 11 heteroatoms. The number of carbonyl (C=O) groups is 2. The smallest absolute Gasteiger partial charge is 0.407 e. The summed E-state index contributed by atoms with van der Waals surface area (Å²) in [5, 5.41) is 11.9. The molecule has 2 unspecified atom stereocenters. The molecule has 0 saturated carbocycles. The Morgan fingerprint density at radius 3 is 2.62 bits per heavy atom. The predicted octanol–water partition coefficient (Wildman–Crippen LogP) is 1.00. The van der Waals surface area contributed by atoms with Gasteiger partial charge in [0.15, 0.2) is 0 Å². The SMILES string of the molecule is CN(C1CN(C(=O)O)CC1CNC(=O)c1ccc(Cl)s1)S(C)(=O)=O. The number of likely N-dealkylation sites (tertiary alicyclic amines) is 1. The summed E-state index contributed by atoms with van der Waals surface area (Å²) >= 11 is 6.93. The Morgan fingerprint density at radius 2 is 2.12 bits per heavy atom. The number of likely N-dealkylation sites (N-methyl/N-ethyl adjacent to an activating group) is 1. The summed E-state index contributed by atoms with van der Waals surface area (Å²) in [5.74, 6) is -0.651. The molecule has 0 radical (unpaired) electrons. The Hall–Kier alpha value is -1.36. The number of sulfonamides is 1. The van der Waals surface area contributed by atoms with E-state index in [-0.39, 0.29) is 31.5 Å². The summed E-state index contributed by atoms with van der Waals surface area (Å²) in [4.78, 5) is 24.9. The number of thiophene rings is 1. The van der Waals surface area contributed by atoms with Crippen molar-refractivity contribution in [3.05, 3.63) is 21.3 Å². The fourth-order valence-corrected chi connectivity index (χ4v) is 4.31. The maximum Gasteiger partial charge on any atom is 0.407 e. The van der Waals surface area contributed by atoms with Crippen LogP contribution in [0, 0.1) is 5.92 Å². The van der Waals surface area contributed by atoms with Crippen LogP contribution >= 0.6 is 22.9 Å². The topological polar surface area (TPSA) is 107 Å². The quantitative estimate of drug-likeness (QED) is 0.773. The first kappa shape index (κ1) is 19.0. The zero-order valence-corrected chi connectivity index (χ0v) is 15.5. The van der Waals surface area contributed by atoms with Crippen molar-refractivity contribution < 1.29 is 23.1 Å². The predicted molar refractivity (Wildman–Crippen MR) is 91.1 cm³/mol. The van der Waals surface area contributed by atoms with Gasteiger partial charge in [-0.15, -0.1) is 11.3 Å². The van der Waals surface area contributed by atoms with Crippen LogP contribution in [0.1, 0.15) is 9.67 Å². The van der Waals surface area contributed by atoms with Crippen molar-refractivity contribution >= 4 is 45.0 Å². The first-order valence-electron chi connectivity index (χ1n) is 7.04. The Bertz CT molecular complexity index is 736. The van der Waals surface area contributed by atoms with E-state index in [0.717, 1.165) is 26.8 Å². The molecule has 134 valence electrons. The van der Waals surface area contributed by atoms with E-state index in [1.165, 1.54) is 7.05 Å². The standard InChI is InChI=1S/C13H18ClN3O5S2/c1-16(24(2,21)22)9-7-17(13(19)20)6-8(9)5-15-12(18)10-3-4-11(14)23-10/h3-4,8-9H,5-7H2,1-2H3,(H,15,18)(H,19,20). The van der Waals surface area contributed by atoms with Crippen LogP contribution in [-0.4, -0.2) is 73.7 Å². The van der Waals surface area contributed by atoms with Gasteiger partial charge in [-0.05, 0) is 12.1 Å². The van der Waals surface area contributed by atoms with Crippen molar-refractivity contribution in [3.8, 4) is 0 Å². The van der Waals surface area contributed by atoms with Crippen LogP contribution in [-0.2, 0) is 10.0 Å². The summed E-state index contributed by atoms with van der Waals surface area (Å²) in [6, 6.07) is 2.69. The summed E-state index contributed by atoms with van der Waals surface area (Å²) in [6.45, 7) is 0.401. The summed E-state index contributed by atoms with van der Waals surface area (Å²) in [6.07, 6.45) is -0.0412. The van der Waals surface area contributed by atoms with Gasteiger partial charge >= 0.3 is 6.09 Å². The lowest BCUT2D eigenvalue weighted by atomic mass is 10.0. The number of hydrogen-bond donors (Lipinski definition) is 2. The van der Waals surface area contributed by atoms with E-state index < -0.39 is 22.2 Å². The molecule has 1 aliphatic rings. The van der Waals surface area contributed by atoms with Crippen molar-refractivity contribution in [2.75, 3.05) is 32.9 Å². The summed E-state index contributed by atoms with van der Waals surface area (Å²) in [5.41, 5.74) is 0. The second kappa shape index (κ2) is 7.26. The third-order valence-electron chi connectivity index (χ3n) is 3.99. The molecule has 2 atom stereocenters. The number of carbonyl (C=O) groups excluding carboxylic acids is 1. The van der Waals surface area contributed by atoms with Crippen LogP contribution in [0.2, 0.25) is 4.34 Å². The third-order valence-corrected chi connectivity index (χ3v) is 6.54. The number of nitrogens with one attached hydrogen (secondary N) is 1. The van der Waals surface area contributed by atoms with E-state index in [0.29, 0.717) is 9.21 Å². The molecule has 0 spiro atoms. The average molecular weight is 396 g/mol. The highest BCUT2D eigenvalue weighted by atomic mass is 35.5. The maximum atomic E-state index is 12.1. The van der Waals surface area contributed by atoms with Crippen LogP contribution < -0.4 is 5.32 Å². The molecule has 1 aromatic heterocycles. The molecule has 0 aromatic carbocycles. The largest absolute Gasteiger partial charge is 0.465 e. The lowest BCUT2D eigenvalue weighted by molar-refractivity contribution is 0.0948. The van der Waals surface area contributed by atoms with E-state index in [4.69, 9.17) is 16.7 Å². The van der Waals surface area contributed by atoms with Gasteiger partial charge in [0, 0.05) is 38.6 Å². The van der Waals surface area contributed by atoms with Gasteiger partial charge in [-0.25, -0.2) is 13.2 Å². The number of rotatable bonds is 5. The fourth-order valence-electron chi connectivity index (χ4n) is 2.62. The number of hydrogen-bond acceptors (Lipinski definition) is 5. The molecule has 8 nitrogen and oxygen atoms in total. The minimum atomic E-state index is -3.47. The minimum absolute atomic E-state index is 0.0737. The third kappa shape index (κ3) is 4.38. The molecule has 2 N–H and O–H groups in total. The zero-order valence-electron chi connectivity index (χ0n) is 13.1. The van der Waals surface area contributed by atoms with Crippen molar-refractivity contribution in [3.63, 3.8) is 0 Å². The van der Waals surface area contributed by atoms with E-state index >= 15 is 0 Å². The minimum Gasteiger partial charge on any atom is -0.465 e. The van der Waals surface area contributed by atoms with Crippen LogP contribution in [0.4, 0.5) is 4.79 Å². The molecule has 0 bridgehead atoms. The lowest BCUT2D eigenvalue weighted by Gasteiger charge is -2.26. The van der Waals surface area contributed by atoms with E-state index in [9.17, 15) is 18.0 Å². The second-order valence-corrected chi connectivity index (χ2v) is 9.37. The van der Waals surface area contributed by atoms with Crippen molar-refractivity contribution in [2.24, 2.45) is 5.92 Å². The maximum absolute atomic E-state index is 12.1. The number of nitrogens with zero attached hydrogens (tertiary/aromatic N) is 2. The normalized spacial score (nSPS) is 21.2. The number of halogens is 1. The van der Waals surface area contributed by atoms with Crippen molar-refractivity contribution in [1.82, 2.24) is 14.5 Å². The van der Waals surface area contributed by atoms with Gasteiger partial charge in [0.25, 0.3) is 5.91 Å². The number of amides is 2. The van der Waals surface area contributed by atoms with E-state index in [1.54, 1.807) is 12.1 Å². The Labute approximate surface area is 149 Å². The summed E-state index contributed by atoms with van der Waals surface area (Å²) in [7, 11) is -2.05. The molecule has 2 rings (SSSR count). The summed E-state index contributed by atoms with van der Waals surface area (Å²) < 4.78 is 25.2. The van der Waals surface area contributed by atoms with Gasteiger partial charge in [0.2, 0.25) is 10.0 Å². The monoisotopic (exact) mass is 395 g/mol. The van der Waals surface area contributed by atoms with Gasteiger partial charge < -0.3 is 15.3 Å². The first-order valence-corrected chi connectivity index (χ1v) is 10.1. The zero-order chi connectivity index (χ0) is 18.1. The molecule has 1 aromatic rings. The van der Waals surface area contributed by atoms with E-state index in [1.807, 2.05) is 0 Å². The molecular weight excluding hydrogens is 378 g/mol. The van der Waals surface area contributed by atoms with Gasteiger partial charge in [-0.1, -0.05) is 11.6 Å². The lowest BCUT2D eigenvalue weighted by Crippen LogP contribution is -2.45. The Morgan fingerprint density at radius 1 is 1.46 bits per heavy atom. The van der Waals surface area contributed by atoms with Crippen LogP contribution in [0.15, 0.2) is 12.1 Å². The van der Waals surface area contributed by atoms with Crippen LogP contribution in [0.25, 0.3) is 0 Å². The second-order valence-electron chi connectivity index (χ2n) is 5.61. The van der Waals surface area contributed by atoms with Crippen molar-refractivity contribution in [1.29, 1.82) is 0 Å². The van der Waals surface area contributed by atoms with Gasteiger partial charge in [-0.2, -0.15) is 4.31 Å². The highest BCUT2D eigenvalue weighted by Crippen LogP contribution is 2.24. The molecule has 24 heavy (non-hydrogen) atoms. The van der Waals surface area contributed by atoms with Gasteiger partial charge in [0.05, 0.1) is 15.5 Å². The molecular formula is C13H18ClN3O5S2. The van der Waals surface area contributed by atoms with E-state index in [2.05, 4.69) is 5.32 Å². The first-order chi connectivity index (χ1) is 11.1. The molecule has 2 amide bonds. The Kier molecular flexibility index (Phi) is 5.74. The molecule has 2 heterocycles. The molecule has 0 aliphatic carbocycles. The van der Waals surface area contributed by atoms with Gasteiger partial charge in [0.1, 0.15) is 0 Å². The number of carboxylic acid groups (broad SMARTS) is 1. The Balaban J connectivity index is 2.07. The molecule has 1 aliphatic heterocycles. The van der Waals surface area contributed by atoms with Crippen LogP contribution in [0.5, 0.6) is 0 Å². The van der Waals surface area contributed by atoms with Gasteiger partial charge in [-0.3, -0.25) is 4.79 Å². The van der Waals surface area contributed by atoms with Crippen LogP contribution in [0.3, 0.4) is 0 Å².